The third kappa shape index (κ3) is 4.08. The summed E-state index contributed by atoms with van der Waals surface area (Å²) in [6, 6.07) is 4.74. The Balaban J connectivity index is 2.15. The van der Waals surface area contributed by atoms with E-state index < -0.39 is 5.76 Å². The van der Waals surface area contributed by atoms with Crippen LogP contribution in [-0.4, -0.2) is 18.2 Å². The van der Waals surface area contributed by atoms with Crippen LogP contribution in [-0.2, 0) is 4.79 Å². The first-order valence-electron chi connectivity index (χ1n) is 6.77. The van der Waals surface area contributed by atoms with Crippen molar-refractivity contribution >= 4 is 35.0 Å². The average molecular weight is 335 g/mol. The van der Waals surface area contributed by atoms with Gasteiger partial charge >= 0.3 is 0 Å². The van der Waals surface area contributed by atoms with Crippen LogP contribution in [0.25, 0.3) is 0 Å². The topological polar surface area (TPSA) is 55.1 Å². The van der Waals surface area contributed by atoms with Crippen LogP contribution in [0.4, 0.5) is 14.5 Å². The van der Waals surface area contributed by atoms with Crippen LogP contribution in [0.2, 0.25) is 5.02 Å². The number of alkyl halides is 2. The van der Waals surface area contributed by atoms with Crippen molar-refractivity contribution in [3.63, 3.8) is 0 Å². The predicted molar refractivity (Wildman–Crippen MR) is 81.8 cm³/mol. The van der Waals surface area contributed by atoms with E-state index in [1.807, 2.05) is 0 Å². The molecule has 0 heterocycles. The Morgan fingerprint density at radius 1 is 1.48 bits per heavy atom. The molecule has 21 heavy (non-hydrogen) atoms. The standard InChI is InChI=1S/C14H17ClF2N2OS/c15-10-5-2-6-11(12(10)21-14(16)17)19-13(20)9-4-1-3-8(9)7-18/h2,5-6,8-9,14H,1,3-4,7,18H2,(H,19,20)/t8-,9-/m1/s1. The van der Waals surface area contributed by atoms with Gasteiger partial charge in [-0.3, -0.25) is 4.79 Å². The van der Waals surface area contributed by atoms with Gasteiger partial charge in [-0.05, 0) is 37.4 Å². The number of halogens is 3. The van der Waals surface area contributed by atoms with Crippen LogP contribution in [0.5, 0.6) is 0 Å². The second-order valence-electron chi connectivity index (χ2n) is 5.02. The van der Waals surface area contributed by atoms with Gasteiger partial charge in [0, 0.05) is 5.92 Å². The van der Waals surface area contributed by atoms with Gasteiger partial charge in [-0.2, -0.15) is 8.78 Å². The molecule has 3 N–H and O–H groups in total. The Morgan fingerprint density at radius 2 is 2.24 bits per heavy atom. The second-order valence-corrected chi connectivity index (χ2v) is 6.42. The smallest absolute Gasteiger partial charge is 0.289 e. The van der Waals surface area contributed by atoms with E-state index in [2.05, 4.69) is 5.32 Å². The molecule has 1 amide bonds. The first-order valence-corrected chi connectivity index (χ1v) is 8.03. The van der Waals surface area contributed by atoms with Crippen LogP contribution in [0.3, 0.4) is 0 Å². The Morgan fingerprint density at radius 3 is 2.90 bits per heavy atom. The predicted octanol–water partition coefficient (Wildman–Crippen LogP) is 3.97. The number of thioether (sulfide) groups is 1. The summed E-state index contributed by atoms with van der Waals surface area (Å²) in [5.41, 5.74) is 6.00. The molecule has 116 valence electrons. The minimum absolute atomic E-state index is 0.154. The fourth-order valence-corrected chi connectivity index (χ4v) is 3.62. The lowest BCUT2D eigenvalue weighted by Crippen LogP contribution is -2.29. The van der Waals surface area contributed by atoms with Crippen molar-refractivity contribution in [2.45, 2.75) is 29.9 Å². The number of nitrogens with two attached hydrogens (primary N) is 1. The number of benzene rings is 1. The van der Waals surface area contributed by atoms with Gasteiger partial charge in [-0.15, -0.1) is 0 Å². The Labute approximate surface area is 131 Å². The summed E-state index contributed by atoms with van der Waals surface area (Å²) < 4.78 is 25.2. The quantitative estimate of drug-likeness (QED) is 0.801. The lowest BCUT2D eigenvalue weighted by atomic mass is 9.95. The van der Waals surface area contributed by atoms with Crippen LogP contribution in [0.15, 0.2) is 23.1 Å². The molecule has 0 radical (unpaired) electrons. The van der Waals surface area contributed by atoms with Gasteiger partial charge in [0.05, 0.1) is 15.6 Å². The first-order chi connectivity index (χ1) is 10.0. The van der Waals surface area contributed by atoms with E-state index in [0.717, 1.165) is 19.3 Å². The minimum atomic E-state index is -2.59. The maximum Gasteiger partial charge on any atom is 0.289 e. The molecule has 0 bridgehead atoms. The maximum atomic E-state index is 12.6. The van der Waals surface area contributed by atoms with Crippen molar-refractivity contribution in [1.29, 1.82) is 0 Å². The maximum absolute atomic E-state index is 12.6. The molecule has 3 nitrogen and oxygen atoms in total. The van der Waals surface area contributed by atoms with Gasteiger partial charge in [-0.25, -0.2) is 0 Å². The van der Waals surface area contributed by atoms with Gasteiger partial charge in [0.25, 0.3) is 5.76 Å². The molecule has 2 rings (SSSR count). The molecule has 0 aromatic heterocycles. The van der Waals surface area contributed by atoms with Crippen molar-refractivity contribution < 1.29 is 13.6 Å². The normalized spacial score (nSPS) is 21.8. The largest absolute Gasteiger partial charge is 0.330 e. The number of hydrogen-bond acceptors (Lipinski definition) is 3. The van der Waals surface area contributed by atoms with Crippen molar-refractivity contribution in [3.8, 4) is 0 Å². The third-order valence-corrected chi connectivity index (χ3v) is 5.01. The Hall–Kier alpha value is -0.850. The van der Waals surface area contributed by atoms with Crippen LogP contribution < -0.4 is 11.1 Å². The first kappa shape index (κ1) is 16.5. The average Bonchev–Trinajstić information content (AvgIpc) is 2.90. The molecule has 1 saturated carbocycles. The highest BCUT2D eigenvalue weighted by Crippen LogP contribution is 2.39. The molecule has 1 fully saturated rings. The summed E-state index contributed by atoms with van der Waals surface area (Å²) in [4.78, 5) is 12.5. The van der Waals surface area contributed by atoms with Crippen molar-refractivity contribution in [3.05, 3.63) is 23.2 Å². The second kappa shape index (κ2) is 7.42. The number of amides is 1. The molecule has 1 aromatic rings. The molecule has 0 spiro atoms. The van der Waals surface area contributed by atoms with E-state index in [1.54, 1.807) is 12.1 Å². The zero-order valence-electron chi connectivity index (χ0n) is 11.3. The Bertz CT molecular complexity index is 516. The molecule has 2 atom stereocenters. The van der Waals surface area contributed by atoms with Crippen molar-refractivity contribution in [2.75, 3.05) is 11.9 Å². The van der Waals surface area contributed by atoms with Gasteiger partial charge in [-0.1, -0.05) is 35.9 Å². The van der Waals surface area contributed by atoms with E-state index >= 15 is 0 Å². The highest BCUT2D eigenvalue weighted by atomic mass is 35.5. The fourth-order valence-electron chi connectivity index (χ4n) is 2.71. The minimum Gasteiger partial charge on any atom is -0.330 e. The molecule has 0 aliphatic heterocycles. The number of rotatable bonds is 5. The van der Waals surface area contributed by atoms with Gasteiger partial charge in [0.15, 0.2) is 0 Å². The highest BCUT2D eigenvalue weighted by Gasteiger charge is 2.32. The van der Waals surface area contributed by atoms with Crippen molar-refractivity contribution in [2.24, 2.45) is 17.6 Å². The lowest BCUT2D eigenvalue weighted by molar-refractivity contribution is -0.120. The van der Waals surface area contributed by atoms with Gasteiger partial charge in [0.1, 0.15) is 0 Å². The monoisotopic (exact) mass is 334 g/mol. The fraction of sp³-hybridized carbons (Fsp3) is 0.500. The van der Waals surface area contributed by atoms with E-state index in [0.29, 0.717) is 24.0 Å². The summed E-state index contributed by atoms with van der Waals surface area (Å²) in [7, 11) is 0. The summed E-state index contributed by atoms with van der Waals surface area (Å²) in [6.07, 6.45) is 2.68. The number of hydrogen-bond donors (Lipinski definition) is 2. The van der Waals surface area contributed by atoms with Gasteiger partial charge in [0.2, 0.25) is 5.91 Å². The number of anilines is 1. The van der Waals surface area contributed by atoms with Crippen molar-refractivity contribution in [1.82, 2.24) is 0 Å². The van der Waals surface area contributed by atoms with E-state index in [1.165, 1.54) is 6.07 Å². The molecule has 0 unspecified atom stereocenters. The van der Waals surface area contributed by atoms with Crippen LogP contribution >= 0.6 is 23.4 Å². The molecule has 7 heteroatoms. The Kier molecular flexibility index (Phi) is 5.84. The van der Waals surface area contributed by atoms with Crippen LogP contribution in [0, 0.1) is 11.8 Å². The number of nitrogens with one attached hydrogen (secondary N) is 1. The summed E-state index contributed by atoms with van der Waals surface area (Å²) in [5, 5.41) is 2.94. The highest BCUT2D eigenvalue weighted by molar-refractivity contribution is 7.99. The summed E-state index contributed by atoms with van der Waals surface area (Å²) >= 11 is 6.29. The molecular formula is C14H17ClF2N2OS. The lowest BCUT2D eigenvalue weighted by Gasteiger charge is -2.19. The van der Waals surface area contributed by atoms with E-state index in [4.69, 9.17) is 17.3 Å². The molecule has 0 saturated heterocycles. The zero-order valence-corrected chi connectivity index (χ0v) is 12.9. The summed E-state index contributed by atoms with van der Waals surface area (Å²) in [5.74, 6) is -2.75. The number of carbonyl (C=O) groups is 1. The summed E-state index contributed by atoms with van der Waals surface area (Å²) in [6.45, 7) is 0.465. The van der Waals surface area contributed by atoms with E-state index in [9.17, 15) is 13.6 Å². The SMILES string of the molecule is NC[C@H]1CCC[C@H]1C(=O)Nc1cccc(Cl)c1SC(F)F. The molecule has 1 aliphatic carbocycles. The van der Waals surface area contributed by atoms with Crippen LogP contribution in [0.1, 0.15) is 19.3 Å². The third-order valence-electron chi connectivity index (χ3n) is 3.73. The molecule has 1 aliphatic rings. The zero-order chi connectivity index (χ0) is 15.4. The molecular weight excluding hydrogens is 318 g/mol. The molecule has 1 aromatic carbocycles. The van der Waals surface area contributed by atoms with E-state index in [-0.39, 0.29) is 27.7 Å². The van der Waals surface area contributed by atoms with Gasteiger partial charge < -0.3 is 11.1 Å². The number of carbonyl (C=O) groups excluding carboxylic acids is 1.